The maximum absolute atomic E-state index is 12.3. The van der Waals surface area contributed by atoms with Gasteiger partial charge >= 0.3 is 6.36 Å². The number of aromatic nitrogens is 1. The van der Waals surface area contributed by atoms with Gasteiger partial charge in [-0.2, -0.15) is 0 Å². The van der Waals surface area contributed by atoms with E-state index in [0.717, 1.165) is 11.6 Å². The lowest BCUT2D eigenvalue weighted by Gasteiger charge is -2.14. The van der Waals surface area contributed by atoms with Crippen LogP contribution in [0.4, 0.5) is 30.4 Å². The lowest BCUT2D eigenvalue weighted by atomic mass is 10.1. The number of fused-ring (bicyclic) bond motifs is 1. The Labute approximate surface area is 156 Å². The highest BCUT2D eigenvalue weighted by Crippen LogP contribution is 2.34. The number of ether oxygens (including phenoxy) is 1. The largest absolute Gasteiger partial charge is 0.573 e. The Kier molecular flexibility index (Phi) is 4.77. The Morgan fingerprint density at radius 1 is 1.08 bits per heavy atom. The minimum atomic E-state index is -4.81. The Morgan fingerprint density at radius 3 is 2.46 bits per heavy atom. The van der Waals surface area contributed by atoms with Gasteiger partial charge in [-0.3, -0.25) is 0 Å². The van der Waals surface area contributed by atoms with E-state index in [2.05, 4.69) is 15.0 Å². The third-order valence-electron chi connectivity index (χ3n) is 3.58. The predicted molar refractivity (Wildman–Crippen MR) is 97.3 cm³/mol. The number of alkyl halides is 3. The molecule has 3 N–H and O–H groups in total. The first kappa shape index (κ1) is 18.4. The molecule has 0 saturated heterocycles. The van der Waals surface area contributed by atoms with Crippen molar-refractivity contribution in [1.29, 1.82) is 0 Å². The summed E-state index contributed by atoms with van der Waals surface area (Å²) < 4.78 is 40.8. The smallest absolute Gasteiger partial charge is 0.404 e. The van der Waals surface area contributed by atoms with E-state index in [1.165, 1.54) is 12.1 Å². The van der Waals surface area contributed by atoms with Crippen LogP contribution in [0.1, 0.15) is 5.56 Å². The normalized spacial score (nSPS) is 11.6. The van der Waals surface area contributed by atoms with Crippen molar-refractivity contribution in [3.05, 3.63) is 52.0 Å². The highest BCUT2D eigenvalue weighted by molar-refractivity contribution is 6.35. The maximum atomic E-state index is 12.3. The highest BCUT2D eigenvalue weighted by atomic mass is 35.5. The Balaban J connectivity index is 1.95. The predicted octanol–water partition coefficient (Wildman–Crippen LogP) is 6.07. The fraction of sp³-hybridized carbons (Fsp3) is 0.118. The molecule has 0 fully saturated rings. The molecule has 0 bridgehead atoms. The molecular formula is C17H12Cl2F3N3O. The number of nitrogens with zero attached hydrogens (tertiary/aromatic N) is 1. The second-order valence-corrected chi connectivity index (χ2v) is 6.32. The van der Waals surface area contributed by atoms with E-state index in [0.29, 0.717) is 33.1 Å². The summed E-state index contributed by atoms with van der Waals surface area (Å²) in [4.78, 5) is 4.46. The number of pyridine rings is 1. The molecular weight excluding hydrogens is 390 g/mol. The molecule has 2 aromatic carbocycles. The SMILES string of the molecule is Cc1cc2c(N)ccc(Cl)c2nc1Nc1ccc(OC(F)(F)F)c(Cl)c1. The van der Waals surface area contributed by atoms with E-state index in [-0.39, 0.29) is 5.02 Å². The molecule has 136 valence electrons. The van der Waals surface area contributed by atoms with E-state index >= 15 is 0 Å². The molecule has 0 saturated carbocycles. The van der Waals surface area contributed by atoms with Gasteiger partial charge in [-0.05, 0) is 48.9 Å². The van der Waals surface area contributed by atoms with Crippen LogP contribution in [0.2, 0.25) is 10.0 Å². The van der Waals surface area contributed by atoms with Crippen molar-refractivity contribution in [3.8, 4) is 5.75 Å². The lowest BCUT2D eigenvalue weighted by molar-refractivity contribution is -0.274. The number of benzene rings is 2. The molecule has 0 unspecified atom stereocenters. The van der Waals surface area contributed by atoms with Crippen molar-refractivity contribution in [2.24, 2.45) is 0 Å². The number of halogens is 5. The minimum Gasteiger partial charge on any atom is -0.404 e. The molecule has 0 spiro atoms. The molecule has 0 aliphatic heterocycles. The summed E-state index contributed by atoms with van der Waals surface area (Å²) in [5, 5.41) is 3.97. The van der Waals surface area contributed by atoms with Crippen LogP contribution in [0.3, 0.4) is 0 Å². The Bertz CT molecular complexity index is 993. The maximum Gasteiger partial charge on any atom is 0.573 e. The highest BCUT2D eigenvalue weighted by Gasteiger charge is 2.32. The zero-order valence-corrected chi connectivity index (χ0v) is 14.8. The first-order valence-electron chi connectivity index (χ1n) is 7.32. The zero-order valence-electron chi connectivity index (χ0n) is 13.3. The van der Waals surface area contributed by atoms with Crippen molar-refractivity contribution < 1.29 is 17.9 Å². The van der Waals surface area contributed by atoms with Crippen LogP contribution < -0.4 is 15.8 Å². The van der Waals surface area contributed by atoms with Gasteiger partial charge in [0.05, 0.1) is 15.6 Å². The van der Waals surface area contributed by atoms with Gasteiger partial charge in [-0.15, -0.1) is 13.2 Å². The van der Waals surface area contributed by atoms with E-state index in [4.69, 9.17) is 28.9 Å². The van der Waals surface area contributed by atoms with Crippen LogP contribution in [-0.4, -0.2) is 11.3 Å². The van der Waals surface area contributed by atoms with Crippen molar-refractivity contribution in [1.82, 2.24) is 4.98 Å². The summed E-state index contributed by atoms with van der Waals surface area (Å²) in [6, 6.07) is 9.01. The van der Waals surface area contributed by atoms with Crippen molar-refractivity contribution in [3.63, 3.8) is 0 Å². The molecule has 3 aromatic rings. The molecule has 0 atom stereocenters. The molecule has 26 heavy (non-hydrogen) atoms. The van der Waals surface area contributed by atoms with E-state index in [1.807, 2.05) is 13.0 Å². The molecule has 0 amide bonds. The fourth-order valence-corrected chi connectivity index (χ4v) is 2.82. The third-order valence-corrected chi connectivity index (χ3v) is 4.18. The van der Waals surface area contributed by atoms with Crippen LogP contribution in [0.25, 0.3) is 10.9 Å². The summed E-state index contributed by atoms with van der Waals surface area (Å²) >= 11 is 12.0. The summed E-state index contributed by atoms with van der Waals surface area (Å²) in [5.74, 6) is -0.00529. The Hall–Kier alpha value is -2.38. The van der Waals surface area contributed by atoms with Crippen LogP contribution >= 0.6 is 23.2 Å². The number of nitrogens with two attached hydrogens (primary N) is 1. The van der Waals surface area contributed by atoms with Gasteiger partial charge in [0.15, 0.2) is 0 Å². The number of anilines is 3. The van der Waals surface area contributed by atoms with Crippen molar-refractivity contribution in [2.75, 3.05) is 11.1 Å². The molecule has 3 rings (SSSR count). The summed E-state index contributed by atoms with van der Waals surface area (Å²) in [6.45, 7) is 1.82. The number of rotatable bonds is 3. The minimum absolute atomic E-state index is 0.187. The quantitative estimate of drug-likeness (QED) is 0.522. The average molecular weight is 402 g/mol. The van der Waals surface area contributed by atoms with E-state index in [1.54, 1.807) is 12.1 Å². The van der Waals surface area contributed by atoms with Gasteiger partial charge < -0.3 is 15.8 Å². The average Bonchev–Trinajstić information content (AvgIpc) is 2.54. The molecule has 0 radical (unpaired) electrons. The standard InChI is InChI=1S/C17H12Cl2F3N3O/c1-8-6-10-13(23)4-3-11(18)15(10)25-16(8)24-9-2-5-14(12(19)7-9)26-17(20,21)22/h2-7H,23H2,1H3,(H,24,25). The van der Waals surface area contributed by atoms with E-state index in [9.17, 15) is 13.2 Å². The molecule has 9 heteroatoms. The van der Waals surface area contributed by atoms with Crippen molar-refractivity contribution in [2.45, 2.75) is 13.3 Å². The molecule has 1 heterocycles. The Morgan fingerprint density at radius 2 is 1.81 bits per heavy atom. The lowest BCUT2D eigenvalue weighted by Crippen LogP contribution is -2.17. The summed E-state index contributed by atoms with van der Waals surface area (Å²) in [7, 11) is 0. The second kappa shape index (κ2) is 6.74. The summed E-state index contributed by atoms with van der Waals surface area (Å²) in [5.41, 5.74) is 8.22. The molecule has 1 aromatic heterocycles. The van der Waals surface area contributed by atoms with Crippen LogP contribution in [0, 0.1) is 6.92 Å². The van der Waals surface area contributed by atoms with Crippen LogP contribution in [0.15, 0.2) is 36.4 Å². The monoisotopic (exact) mass is 401 g/mol. The van der Waals surface area contributed by atoms with Gasteiger partial charge in [0, 0.05) is 16.8 Å². The van der Waals surface area contributed by atoms with Gasteiger partial charge in [-0.1, -0.05) is 23.2 Å². The number of hydrogen-bond donors (Lipinski definition) is 2. The molecule has 0 aliphatic rings. The number of aryl methyl sites for hydroxylation is 1. The number of nitrogen functional groups attached to an aromatic ring is 1. The fourth-order valence-electron chi connectivity index (χ4n) is 2.40. The first-order chi connectivity index (χ1) is 12.1. The van der Waals surface area contributed by atoms with Crippen LogP contribution in [0.5, 0.6) is 5.75 Å². The second-order valence-electron chi connectivity index (χ2n) is 5.50. The van der Waals surface area contributed by atoms with Gasteiger partial charge in [0.1, 0.15) is 11.6 Å². The third kappa shape index (κ3) is 3.89. The molecule has 4 nitrogen and oxygen atoms in total. The molecule has 0 aliphatic carbocycles. The van der Waals surface area contributed by atoms with Gasteiger partial charge in [0.2, 0.25) is 0 Å². The van der Waals surface area contributed by atoms with Crippen molar-refractivity contribution >= 4 is 51.3 Å². The van der Waals surface area contributed by atoms with Gasteiger partial charge in [-0.25, -0.2) is 4.98 Å². The topological polar surface area (TPSA) is 60.2 Å². The number of nitrogens with one attached hydrogen (secondary N) is 1. The van der Waals surface area contributed by atoms with Crippen LogP contribution in [-0.2, 0) is 0 Å². The summed E-state index contributed by atoms with van der Waals surface area (Å²) in [6.07, 6.45) is -4.81. The van der Waals surface area contributed by atoms with Gasteiger partial charge in [0.25, 0.3) is 0 Å². The zero-order chi connectivity index (χ0) is 19.1. The van der Waals surface area contributed by atoms with E-state index < -0.39 is 12.1 Å². The first-order valence-corrected chi connectivity index (χ1v) is 8.07. The number of hydrogen-bond acceptors (Lipinski definition) is 4.